The van der Waals surface area contributed by atoms with Gasteiger partial charge in [0, 0.05) is 25.2 Å². The molecule has 7 heteroatoms. The van der Waals surface area contributed by atoms with E-state index in [0.717, 1.165) is 17.6 Å². The van der Waals surface area contributed by atoms with Crippen LogP contribution in [0.4, 0.5) is 4.79 Å². The van der Waals surface area contributed by atoms with Crippen molar-refractivity contribution < 1.29 is 18.8 Å². The zero-order valence-electron chi connectivity index (χ0n) is 17.5. The van der Waals surface area contributed by atoms with Crippen molar-refractivity contribution in [1.82, 2.24) is 9.88 Å². The maximum Gasteiger partial charge on any atom is 0.514 e. The monoisotopic (exact) mass is 374 g/mol. The second-order valence-electron chi connectivity index (χ2n) is 9.51. The number of aromatic nitrogens is 1. The Morgan fingerprint density at radius 1 is 1.26 bits per heavy atom. The Kier molecular flexibility index (Phi) is 5.06. The fourth-order valence-electron chi connectivity index (χ4n) is 3.34. The van der Waals surface area contributed by atoms with Gasteiger partial charge in [0.05, 0.1) is 16.8 Å². The third kappa shape index (κ3) is 4.30. The summed E-state index contributed by atoms with van der Waals surface area (Å²) in [5, 5.41) is 0. The van der Waals surface area contributed by atoms with Crippen LogP contribution in [-0.2, 0) is 14.0 Å². The highest BCUT2D eigenvalue weighted by Crippen LogP contribution is 2.36. The first-order chi connectivity index (χ1) is 12.4. The molecule has 2 aliphatic rings. The van der Waals surface area contributed by atoms with Gasteiger partial charge in [0.15, 0.2) is 0 Å². The van der Waals surface area contributed by atoms with Crippen LogP contribution in [0.5, 0.6) is 0 Å². The highest BCUT2D eigenvalue weighted by atomic mass is 16.7. The quantitative estimate of drug-likeness (QED) is 0.745. The molecule has 0 aromatic carbocycles. The summed E-state index contributed by atoms with van der Waals surface area (Å²) in [6, 6.07) is 4.06. The standard InChI is InChI=1S/C20H31BN2O4/c1-18(2,3)25-17(24)23-11-9-15(13-23)14-8-10-22-16(12-14)21-26-19(4,5)20(6,7)27-21/h8,10,12,15H,9,11,13H2,1-7H3. The molecule has 1 amide bonds. The number of pyridine rings is 1. The summed E-state index contributed by atoms with van der Waals surface area (Å²) in [5.41, 5.74) is 0.671. The topological polar surface area (TPSA) is 60.9 Å². The summed E-state index contributed by atoms with van der Waals surface area (Å²) in [6.45, 7) is 15.2. The van der Waals surface area contributed by atoms with Crippen LogP contribution in [0.1, 0.15) is 66.4 Å². The van der Waals surface area contributed by atoms with Crippen LogP contribution < -0.4 is 5.59 Å². The third-order valence-electron chi connectivity index (χ3n) is 5.61. The molecule has 2 fully saturated rings. The number of ether oxygens (including phenoxy) is 1. The van der Waals surface area contributed by atoms with Crippen LogP contribution in [0, 0.1) is 0 Å². The fraction of sp³-hybridized carbons (Fsp3) is 0.700. The van der Waals surface area contributed by atoms with Gasteiger partial charge < -0.3 is 18.9 Å². The Morgan fingerprint density at radius 3 is 2.48 bits per heavy atom. The van der Waals surface area contributed by atoms with Crippen LogP contribution in [-0.4, -0.2) is 53.0 Å². The molecule has 1 unspecified atom stereocenters. The molecule has 1 aromatic heterocycles. The highest BCUT2D eigenvalue weighted by Gasteiger charge is 2.52. The first kappa shape index (κ1) is 20.1. The Bertz CT molecular complexity index is 698. The maximum absolute atomic E-state index is 12.3. The Morgan fingerprint density at radius 2 is 1.89 bits per heavy atom. The van der Waals surface area contributed by atoms with Crippen molar-refractivity contribution in [3.63, 3.8) is 0 Å². The SMILES string of the molecule is CC(C)(C)OC(=O)N1CCC(c2ccnc(B3OC(C)(C)C(C)(C)O3)c2)C1. The van der Waals surface area contributed by atoms with Crippen molar-refractivity contribution in [3.8, 4) is 0 Å². The Balaban J connectivity index is 1.70. The molecule has 0 aliphatic carbocycles. The number of carbonyl (C=O) groups is 1. The van der Waals surface area contributed by atoms with Crippen LogP contribution >= 0.6 is 0 Å². The van der Waals surface area contributed by atoms with Gasteiger partial charge in [0.2, 0.25) is 0 Å². The van der Waals surface area contributed by atoms with Gasteiger partial charge in [-0.05, 0) is 72.6 Å². The molecule has 3 rings (SSSR count). The molecular weight excluding hydrogens is 343 g/mol. The number of likely N-dealkylation sites (tertiary alicyclic amines) is 1. The van der Waals surface area contributed by atoms with Gasteiger partial charge in [-0.25, -0.2) is 4.79 Å². The minimum Gasteiger partial charge on any atom is -0.444 e. The predicted molar refractivity (Wildman–Crippen MR) is 105 cm³/mol. The van der Waals surface area contributed by atoms with E-state index in [4.69, 9.17) is 14.0 Å². The average molecular weight is 374 g/mol. The third-order valence-corrected chi connectivity index (χ3v) is 5.61. The average Bonchev–Trinajstić information content (AvgIpc) is 3.09. The Labute approximate surface area is 162 Å². The van der Waals surface area contributed by atoms with E-state index < -0.39 is 23.9 Å². The van der Waals surface area contributed by atoms with E-state index in [1.807, 2.05) is 60.6 Å². The summed E-state index contributed by atoms with van der Waals surface area (Å²) in [7, 11) is -0.474. The van der Waals surface area contributed by atoms with Crippen LogP contribution in [0.25, 0.3) is 0 Å². The lowest BCUT2D eigenvalue weighted by Crippen LogP contribution is -2.41. The first-order valence-electron chi connectivity index (χ1n) is 9.67. The van der Waals surface area contributed by atoms with Gasteiger partial charge >= 0.3 is 13.2 Å². The minimum atomic E-state index is -0.476. The fourth-order valence-corrected chi connectivity index (χ4v) is 3.34. The van der Waals surface area contributed by atoms with Gasteiger partial charge in [0.25, 0.3) is 0 Å². The van der Waals surface area contributed by atoms with Crippen molar-refractivity contribution >= 4 is 18.8 Å². The van der Waals surface area contributed by atoms with Crippen molar-refractivity contribution in [1.29, 1.82) is 0 Å². The van der Waals surface area contributed by atoms with E-state index in [0.29, 0.717) is 13.1 Å². The lowest BCUT2D eigenvalue weighted by molar-refractivity contribution is 0.00578. The number of hydrogen-bond acceptors (Lipinski definition) is 5. The Hall–Kier alpha value is -1.60. The van der Waals surface area contributed by atoms with Crippen LogP contribution in [0.2, 0.25) is 0 Å². The summed E-state index contributed by atoms with van der Waals surface area (Å²) in [6.07, 6.45) is 2.46. The second-order valence-corrected chi connectivity index (χ2v) is 9.51. The van der Waals surface area contributed by atoms with Gasteiger partial charge in [-0.3, -0.25) is 4.98 Å². The zero-order valence-corrected chi connectivity index (χ0v) is 17.5. The molecule has 0 spiro atoms. The minimum absolute atomic E-state index is 0.245. The van der Waals surface area contributed by atoms with Crippen molar-refractivity contribution in [2.24, 2.45) is 0 Å². The number of amides is 1. The predicted octanol–water partition coefficient (Wildman–Crippen LogP) is 3.11. The van der Waals surface area contributed by atoms with Gasteiger partial charge in [0.1, 0.15) is 5.60 Å². The molecule has 27 heavy (non-hydrogen) atoms. The van der Waals surface area contributed by atoms with Gasteiger partial charge in [-0.15, -0.1) is 0 Å². The zero-order chi connectivity index (χ0) is 20.0. The van der Waals surface area contributed by atoms with Crippen molar-refractivity contribution in [3.05, 3.63) is 23.9 Å². The smallest absolute Gasteiger partial charge is 0.444 e. The van der Waals surface area contributed by atoms with Gasteiger partial charge in [-0.2, -0.15) is 0 Å². The number of nitrogens with zero attached hydrogens (tertiary/aromatic N) is 2. The number of carbonyl (C=O) groups excluding carboxylic acids is 1. The van der Waals surface area contributed by atoms with E-state index in [1.165, 1.54) is 0 Å². The molecule has 2 aliphatic heterocycles. The molecule has 3 heterocycles. The molecule has 2 saturated heterocycles. The molecule has 148 valence electrons. The van der Waals surface area contributed by atoms with Gasteiger partial charge in [-0.1, -0.05) is 0 Å². The first-order valence-corrected chi connectivity index (χ1v) is 9.67. The summed E-state index contributed by atoms with van der Waals surface area (Å²) in [5.74, 6) is 0.265. The van der Waals surface area contributed by atoms with E-state index >= 15 is 0 Å². The number of rotatable bonds is 2. The lowest BCUT2D eigenvalue weighted by Gasteiger charge is -2.32. The summed E-state index contributed by atoms with van der Waals surface area (Å²) in [4.78, 5) is 18.6. The molecule has 1 atom stereocenters. The lowest BCUT2D eigenvalue weighted by atomic mass is 9.82. The molecule has 0 bridgehead atoms. The molecule has 0 N–H and O–H groups in total. The normalized spacial score (nSPS) is 24.3. The molecule has 0 radical (unpaired) electrons. The summed E-state index contributed by atoms with van der Waals surface area (Å²) < 4.78 is 17.7. The van der Waals surface area contributed by atoms with Crippen molar-refractivity contribution in [2.45, 2.75) is 77.6 Å². The molecule has 0 saturated carbocycles. The van der Waals surface area contributed by atoms with E-state index in [9.17, 15) is 4.79 Å². The van der Waals surface area contributed by atoms with E-state index in [-0.39, 0.29) is 12.0 Å². The maximum atomic E-state index is 12.3. The number of hydrogen-bond donors (Lipinski definition) is 0. The molecule has 6 nitrogen and oxygen atoms in total. The summed E-state index contributed by atoms with van der Waals surface area (Å²) >= 11 is 0. The molecular formula is C20H31BN2O4. The van der Waals surface area contributed by atoms with E-state index in [1.54, 1.807) is 11.1 Å². The largest absolute Gasteiger partial charge is 0.514 e. The van der Waals surface area contributed by atoms with Crippen LogP contribution in [0.15, 0.2) is 18.3 Å². The van der Waals surface area contributed by atoms with Crippen LogP contribution in [0.3, 0.4) is 0 Å². The highest BCUT2D eigenvalue weighted by molar-refractivity contribution is 6.61. The second kappa shape index (κ2) is 6.78. The van der Waals surface area contributed by atoms with Crippen molar-refractivity contribution in [2.75, 3.05) is 13.1 Å². The van der Waals surface area contributed by atoms with E-state index in [2.05, 4.69) is 4.98 Å². The molecule has 1 aromatic rings.